The summed E-state index contributed by atoms with van der Waals surface area (Å²) in [7, 11) is 8.39. The van der Waals surface area contributed by atoms with Crippen molar-refractivity contribution in [1.82, 2.24) is 0 Å². The van der Waals surface area contributed by atoms with Crippen LogP contribution in [0.5, 0.6) is 0 Å². The third kappa shape index (κ3) is 4.18. The van der Waals surface area contributed by atoms with E-state index in [2.05, 4.69) is 4.85 Å². The van der Waals surface area contributed by atoms with Crippen molar-refractivity contribution in [2.75, 3.05) is 49.2 Å². The summed E-state index contributed by atoms with van der Waals surface area (Å²) in [6, 6.07) is 0. The van der Waals surface area contributed by atoms with Crippen LogP contribution in [-0.2, 0) is 48.5 Å². The summed E-state index contributed by atoms with van der Waals surface area (Å²) in [5.74, 6) is -3.79. The molecule has 0 saturated carbocycles. The van der Waals surface area contributed by atoms with Crippen LogP contribution in [0.15, 0.2) is 0 Å². The van der Waals surface area contributed by atoms with E-state index in [1.54, 1.807) is 0 Å². The van der Waals surface area contributed by atoms with Gasteiger partial charge >= 0.3 is 11.9 Å². The zero-order valence-electron chi connectivity index (χ0n) is 12.1. The maximum atomic E-state index is 7.04. The molecule has 0 unspecified atom stereocenters. The van der Waals surface area contributed by atoms with Gasteiger partial charge in [0, 0.05) is 62.8 Å². The minimum Gasteiger partial charge on any atom is -0.330 e. The van der Waals surface area contributed by atoms with E-state index in [4.69, 9.17) is 35.0 Å². The molecule has 7 nitrogen and oxygen atoms in total. The minimum absolute atomic E-state index is 0. The summed E-state index contributed by atoms with van der Waals surface area (Å²) in [6.45, 7) is 7.00. The second kappa shape index (κ2) is 9.75. The van der Waals surface area contributed by atoms with Crippen LogP contribution in [0, 0.1) is 12.5 Å². The predicted octanol–water partition coefficient (Wildman–Crippen LogP) is 0.705. The molecule has 113 valence electrons. The van der Waals surface area contributed by atoms with Crippen molar-refractivity contribution in [1.29, 1.82) is 0 Å². The van der Waals surface area contributed by atoms with Crippen LogP contribution in [0.4, 0.5) is 0 Å². The molecular formula is C11H21NO6Tc. The average molecular weight is 361 g/mol. The topological polar surface area (TPSA) is 59.7 Å². The molecule has 0 aromatic heterocycles. The Balaban J connectivity index is 0. The fourth-order valence-corrected chi connectivity index (χ4v) is 1.88. The van der Waals surface area contributed by atoms with Crippen LogP contribution in [-0.4, -0.2) is 61.1 Å². The number of rotatable bonds is 9. The van der Waals surface area contributed by atoms with E-state index in [-0.39, 0.29) is 26.7 Å². The van der Waals surface area contributed by atoms with E-state index in [9.17, 15) is 0 Å². The summed E-state index contributed by atoms with van der Waals surface area (Å²) >= 11 is 0. The number of methoxy groups -OCH3 is 6. The molecule has 0 aromatic carbocycles. The van der Waals surface area contributed by atoms with Crippen molar-refractivity contribution in [2.45, 2.75) is 11.9 Å². The minimum atomic E-state index is -1.51. The van der Waals surface area contributed by atoms with Crippen molar-refractivity contribution >= 4 is 0 Å². The maximum Gasteiger partial charge on any atom is 0.300 e. The molecule has 0 fully saturated rings. The van der Waals surface area contributed by atoms with Gasteiger partial charge in [0.1, 0.15) is 0 Å². The first-order valence-electron chi connectivity index (χ1n) is 5.20. The molecule has 0 N–H and O–H groups in total. The molecule has 0 bridgehead atoms. The molecule has 0 aliphatic heterocycles. The van der Waals surface area contributed by atoms with Gasteiger partial charge in [0.2, 0.25) is 6.54 Å². The SMILES string of the molecule is [C-]#[N+]CC(C(OC)(OC)OC)C(OC)(OC)OC.[Tc]. The maximum absolute atomic E-state index is 7.04. The quantitative estimate of drug-likeness (QED) is 0.445. The third-order valence-electron chi connectivity index (χ3n) is 2.83. The summed E-state index contributed by atoms with van der Waals surface area (Å²) in [5.41, 5.74) is 0. The van der Waals surface area contributed by atoms with Gasteiger partial charge < -0.3 is 33.3 Å². The van der Waals surface area contributed by atoms with E-state index < -0.39 is 17.9 Å². The van der Waals surface area contributed by atoms with Gasteiger partial charge in [0.15, 0.2) is 5.92 Å². The molecule has 1 radical (unpaired) electrons. The normalized spacial score (nSPS) is 12.1. The van der Waals surface area contributed by atoms with Crippen LogP contribution in [0.2, 0.25) is 0 Å². The van der Waals surface area contributed by atoms with Crippen molar-refractivity contribution in [3.63, 3.8) is 0 Å². The zero-order valence-corrected chi connectivity index (χ0v) is 13.9. The van der Waals surface area contributed by atoms with Gasteiger partial charge in [0.25, 0.3) is 0 Å². The van der Waals surface area contributed by atoms with Crippen molar-refractivity contribution in [3.05, 3.63) is 11.4 Å². The van der Waals surface area contributed by atoms with Crippen molar-refractivity contribution in [2.24, 2.45) is 5.92 Å². The van der Waals surface area contributed by atoms with Gasteiger partial charge in [-0.25, -0.2) is 6.57 Å². The number of nitrogens with zero attached hydrogens (tertiary/aromatic N) is 1. The number of hydrogen-bond donors (Lipinski definition) is 0. The Bertz CT molecular complexity index is 238. The van der Waals surface area contributed by atoms with Crippen molar-refractivity contribution < 1.29 is 48.5 Å². The Morgan fingerprint density at radius 3 is 1.21 bits per heavy atom. The van der Waals surface area contributed by atoms with Gasteiger partial charge in [-0.1, -0.05) is 0 Å². The van der Waals surface area contributed by atoms with Crippen LogP contribution < -0.4 is 0 Å². The summed E-state index contributed by atoms with van der Waals surface area (Å²) < 4.78 is 31.4. The second-order valence-electron chi connectivity index (χ2n) is 3.33. The summed E-state index contributed by atoms with van der Waals surface area (Å²) in [6.07, 6.45) is 0. The third-order valence-corrected chi connectivity index (χ3v) is 2.83. The molecule has 19 heavy (non-hydrogen) atoms. The van der Waals surface area contributed by atoms with Gasteiger partial charge in [-0.15, -0.1) is 0 Å². The molecule has 0 amide bonds. The molecular weight excluding hydrogens is 340 g/mol. The first kappa shape index (κ1) is 21.2. The van der Waals surface area contributed by atoms with Crippen molar-refractivity contribution in [3.8, 4) is 0 Å². The van der Waals surface area contributed by atoms with Crippen LogP contribution in [0.3, 0.4) is 0 Å². The van der Waals surface area contributed by atoms with Gasteiger partial charge in [-0.05, 0) is 0 Å². The standard InChI is InChI=1S/C11H21NO6.Tc/c1-12-8-9(10(13-2,14-3)15-4)11(16-5,17-6)18-7;/h9H,8H2,2-7H3;. The van der Waals surface area contributed by atoms with Gasteiger partial charge in [0.05, 0.1) is 0 Å². The molecule has 0 aromatic rings. The monoisotopic (exact) mass is 360 g/mol. The average Bonchev–Trinajstić information content (AvgIpc) is 2.44. The molecule has 0 heterocycles. The Morgan fingerprint density at radius 1 is 0.789 bits per heavy atom. The van der Waals surface area contributed by atoms with E-state index in [0.717, 1.165) is 0 Å². The Morgan fingerprint density at radius 2 is 1.05 bits per heavy atom. The molecule has 0 aliphatic rings. The number of hydrogen-bond acceptors (Lipinski definition) is 6. The Hall–Kier alpha value is -0.101. The smallest absolute Gasteiger partial charge is 0.300 e. The van der Waals surface area contributed by atoms with E-state index >= 15 is 0 Å². The predicted molar refractivity (Wildman–Crippen MR) is 62.5 cm³/mol. The second-order valence-corrected chi connectivity index (χ2v) is 3.33. The van der Waals surface area contributed by atoms with E-state index in [1.165, 1.54) is 42.7 Å². The summed E-state index contributed by atoms with van der Waals surface area (Å²) in [4.78, 5) is 3.33. The molecule has 0 rings (SSSR count). The van der Waals surface area contributed by atoms with Crippen LogP contribution in [0.25, 0.3) is 4.85 Å². The van der Waals surface area contributed by atoms with Crippen LogP contribution >= 0.6 is 0 Å². The molecule has 8 heteroatoms. The number of ether oxygens (including phenoxy) is 6. The zero-order chi connectivity index (χ0) is 14.2. The fraction of sp³-hybridized carbons (Fsp3) is 0.909. The largest absolute Gasteiger partial charge is 0.330 e. The summed E-state index contributed by atoms with van der Waals surface area (Å²) in [5, 5.41) is 0. The Kier molecular flexibility index (Phi) is 10.9. The Labute approximate surface area is 127 Å². The first-order valence-corrected chi connectivity index (χ1v) is 5.20. The first-order chi connectivity index (χ1) is 8.56. The van der Waals surface area contributed by atoms with Gasteiger partial charge in [-0.2, -0.15) is 0 Å². The molecule has 0 saturated heterocycles. The van der Waals surface area contributed by atoms with E-state index in [1.807, 2.05) is 0 Å². The fourth-order valence-electron chi connectivity index (χ4n) is 1.88. The molecule has 0 atom stereocenters. The molecule has 0 aliphatic carbocycles. The molecule has 0 spiro atoms. The van der Waals surface area contributed by atoms with Crippen LogP contribution in [0.1, 0.15) is 0 Å². The van der Waals surface area contributed by atoms with Gasteiger partial charge in [-0.3, -0.25) is 0 Å². The van der Waals surface area contributed by atoms with E-state index in [0.29, 0.717) is 0 Å².